The van der Waals surface area contributed by atoms with Crippen LogP contribution < -0.4 is 0 Å². The summed E-state index contributed by atoms with van der Waals surface area (Å²) in [4.78, 5) is 7.63. The van der Waals surface area contributed by atoms with E-state index in [1.54, 1.807) is 0 Å². The molecule has 0 saturated heterocycles. The lowest BCUT2D eigenvalue weighted by atomic mass is 9.82. The van der Waals surface area contributed by atoms with Crippen molar-refractivity contribution < 1.29 is 0 Å². The number of nitrogens with zero attached hydrogens (tertiary/aromatic N) is 1. The molecule has 33 heavy (non-hydrogen) atoms. The third kappa shape index (κ3) is 3.38. The van der Waals surface area contributed by atoms with Gasteiger partial charge in [0, 0.05) is 36.3 Å². The van der Waals surface area contributed by atoms with Gasteiger partial charge in [0.25, 0.3) is 0 Å². The molecule has 0 saturated carbocycles. The molecule has 3 heteroatoms. The van der Waals surface area contributed by atoms with E-state index in [1.165, 1.54) is 57.4 Å². The monoisotopic (exact) mass is 463 g/mol. The summed E-state index contributed by atoms with van der Waals surface area (Å²) >= 11 is 3.76. The highest BCUT2D eigenvalue weighted by molar-refractivity contribution is 7.28. The van der Waals surface area contributed by atoms with Crippen LogP contribution in [0.5, 0.6) is 0 Å². The van der Waals surface area contributed by atoms with Crippen molar-refractivity contribution in [2.75, 3.05) is 0 Å². The van der Waals surface area contributed by atoms with Gasteiger partial charge in [0.15, 0.2) is 0 Å². The van der Waals surface area contributed by atoms with Crippen LogP contribution in [0.15, 0.2) is 79.0 Å². The summed E-state index contributed by atoms with van der Waals surface area (Å²) in [6.07, 6.45) is 1.97. The standard InChI is InChI=1S/C30H25NS2/c1-18-27-25(33-29(18)26-17-20-10-6-8-12-24(20)32-26)13-14-31-28(27)21-15-19-9-5-7-11-22(19)23(16-21)30(2,3)4/h5-17H,1-4H3. The van der Waals surface area contributed by atoms with E-state index in [0.717, 1.165) is 5.69 Å². The van der Waals surface area contributed by atoms with Crippen LogP contribution in [0.3, 0.4) is 0 Å². The van der Waals surface area contributed by atoms with E-state index in [-0.39, 0.29) is 5.41 Å². The van der Waals surface area contributed by atoms with E-state index in [4.69, 9.17) is 4.98 Å². The molecule has 0 aliphatic carbocycles. The molecule has 0 N–H and O–H groups in total. The van der Waals surface area contributed by atoms with Crippen LogP contribution in [0.25, 0.3) is 52.0 Å². The number of rotatable bonds is 2. The van der Waals surface area contributed by atoms with E-state index in [0.29, 0.717) is 0 Å². The Kier molecular flexibility index (Phi) is 4.69. The fourth-order valence-corrected chi connectivity index (χ4v) is 7.23. The Morgan fingerprint density at radius 1 is 0.758 bits per heavy atom. The number of pyridine rings is 1. The normalized spacial score (nSPS) is 12.2. The number of hydrogen-bond donors (Lipinski definition) is 0. The molecule has 0 fully saturated rings. The zero-order chi connectivity index (χ0) is 22.7. The van der Waals surface area contributed by atoms with E-state index < -0.39 is 0 Å². The molecule has 0 bridgehead atoms. The summed E-state index contributed by atoms with van der Waals surface area (Å²) in [6, 6.07) is 26.5. The van der Waals surface area contributed by atoms with Crippen LogP contribution >= 0.6 is 22.7 Å². The van der Waals surface area contributed by atoms with Crippen molar-refractivity contribution in [2.45, 2.75) is 33.1 Å². The molecule has 0 aliphatic heterocycles. The van der Waals surface area contributed by atoms with E-state index in [2.05, 4.69) is 100 Å². The number of aryl methyl sites for hydroxylation is 1. The molecular formula is C30H25NS2. The molecule has 3 heterocycles. The number of hydrogen-bond acceptors (Lipinski definition) is 3. The first-order valence-corrected chi connectivity index (χ1v) is 12.9. The summed E-state index contributed by atoms with van der Waals surface area (Å²) in [5.74, 6) is 0. The summed E-state index contributed by atoms with van der Waals surface area (Å²) in [5, 5.41) is 5.20. The fourth-order valence-electron chi connectivity index (χ4n) is 4.81. The van der Waals surface area contributed by atoms with Gasteiger partial charge in [-0.1, -0.05) is 63.2 Å². The summed E-state index contributed by atoms with van der Waals surface area (Å²) < 4.78 is 2.64. The maximum Gasteiger partial charge on any atom is 0.0791 e. The van der Waals surface area contributed by atoms with Crippen molar-refractivity contribution in [3.05, 3.63) is 90.1 Å². The van der Waals surface area contributed by atoms with Crippen molar-refractivity contribution >= 4 is 53.6 Å². The highest BCUT2D eigenvalue weighted by Crippen LogP contribution is 2.46. The Hall–Kier alpha value is -3.01. The van der Waals surface area contributed by atoms with Crippen LogP contribution in [0.4, 0.5) is 0 Å². The van der Waals surface area contributed by atoms with Crippen LogP contribution in [0.2, 0.25) is 0 Å². The second kappa shape index (κ2) is 7.51. The lowest BCUT2D eigenvalue weighted by molar-refractivity contribution is 0.596. The fraction of sp³-hybridized carbons (Fsp3) is 0.167. The van der Waals surface area contributed by atoms with E-state index in [1.807, 2.05) is 28.9 Å². The first-order chi connectivity index (χ1) is 15.9. The van der Waals surface area contributed by atoms with Crippen molar-refractivity contribution in [1.29, 1.82) is 0 Å². The minimum absolute atomic E-state index is 0.0510. The van der Waals surface area contributed by atoms with Gasteiger partial charge in [-0.05, 0) is 70.0 Å². The minimum atomic E-state index is 0.0510. The van der Waals surface area contributed by atoms with Gasteiger partial charge in [0.05, 0.1) is 5.69 Å². The third-order valence-corrected chi connectivity index (χ3v) is 8.99. The van der Waals surface area contributed by atoms with Crippen LogP contribution in [0.1, 0.15) is 31.9 Å². The molecule has 6 rings (SSSR count). The molecule has 0 unspecified atom stereocenters. The van der Waals surface area contributed by atoms with Crippen LogP contribution in [-0.4, -0.2) is 4.98 Å². The maximum atomic E-state index is 4.93. The summed E-state index contributed by atoms with van der Waals surface area (Å²) in [6.45, 7) is 9.14. The quantitative estimate of drug-likeness (QED) is 0.249. The van der Waals surface area contributed by atoms with E-state index >= 15 is 0 Å². The molecule has 0 radical (unpaired) electrons. The van der Waals surface area contributed by atoms with Crippen molar-refractivity contribution in [2.24, 2.45) is 0 Å². The first kappa shape index (κ1) is 20.6. The zero-order valence-electron chi connectivity index (χ0n) is 19.3. The third-order valence-electron chi connectivity index (χ3n) is 6.43. The highest BCUT2D eigenvalue weighted by Gasteiger charge is 2.21. The Labute approximate surface area is 202 Å². The Balaban J connectivity index is 1.61. The minimum Gasteiger partial charge on any atom is -0.256 e. The summed E-state index contributed by atoms with van der Waals surface area (Å²) in [7, 11) is 0. The maximum absolute atomic E-state index is 4.93. The smallest absolute Gasteiger partial charge is 0.0791 e. The average Bonchev–Trinajstić information content (AvgIpc) is 3.38. The molecule has 3 aromatic carbocycles. The van der Waals surface area contributed by atoms with Gasteiger partial charge in [-0.2, -0.15) is 0 Å². The second-order valence-electron chi connectivity index (χ2n) is 9.73. The van der Waals surface area contributed by atoms with Gasteiger partial charge in [0.2, 0.25) is 0 Å². The van der Waals surface area contributed by atoms with Crippen LogP contribution in [0, 0.1) is 6.92 Å². The van der Waals surface area contributed by atoms with Crippen LogP contribution in [-0.2, 0) is 5.41 Å². The van der Waals surface area contributed by atoms with Gasteiger partial charge < -0.3 is 0 Å². The lowest BCUT2D eigenvalue weighted by Gasteiger charge is -2.23. The predicted octanol–water partition coefficient (Wildman–Crippen LogP) is 9.60. The molecule has 6 aromatic rings. The van der Waals surface area contributed by atoms with Crippen molar-refractivity contribution in [3.8, 4) is 21.0 Å². The van der Waals surface area contributed by atoms with Gasteiger partial charge in [-0.15, -0.1) is 22.7 Å². The predicted molar refractivity (Wildman–Crippen MR) is 147 cm³/mol. The Morgan fingerprint density at radius 2 is 1.52 bits per heavy atom. The van der Waals surface area contributed by atoms with Gasteiger partial charge >= 0.3 is 0 Å². The molecular weight excluding hydrogens is 438 g/mol. The molecule has 0 spiro atoms. The van der Waals surface area contributed by atoms with Gasteiger partial charge in [-0.3, -0.25) is 4.98 Å². The van der Waals surface area contributed by atoms with Crippen molar-refractivity contribution in [1.82, 2.24) is 4.98 Å². The largest absolute Gasteiger partial charge is 0.256 e. The van der Waals surface area contributed by atoms with E-state index in [9.17, 15) is 0 Å². The Bertz CT molecular complexity index is 1630. The number of fused-ring (bicyclic) bond motifs is 3. The molecule has 0 atom stereocenters. The first-order valence-electron chi connectivity index (χ1n) is 11.3. The second-order valence-corrected chi connectivity index (χ2v) is 11.9. The SMILES string of the molecule is Cc1c(-c2cc3ccccc3s2)sc2ccnc(-c3cc(C(C)(C)C)c4ccccc4c3)c12. The van der Waals surface area contributed by atoms with Gasteiger partial charge in [-0.25, -0.2) is 0 Å². The average molecular weight is 464 g/mol. The number of aromatic nitrogens is 1. The lowest BCUT2D eigenvalue weighted by Crippen LogP contribution is -2.12. The molecule has 162 valence electrons. The summed E-state index contributed by atoms with van der Waals surface area (Å²) in [5.41, 5.74) is 5.04. The molecule has 0 amide bonds. The number of benzene rings is 3. The van der Waals surface area contributed by atoms with Crippen molar-refractivity contribution in [3.63, 3.8) is 0 Å². The highest BCUT2D eigenvalue weighted by atomic mass is 32.1. The molecule has 0 aliphatic rings. The number of thiophene rings is 2. The molecule has 3 aromatic heterocycles. The Morgan fingerprint density at radius 3 is 2.30 bits per heavy atom. The van der Waals surface area contributed by atoms with Gasteiger partial charge in [0.1, 0.15) is 0 Å². The molecule has 1 nitrogen and oxygen atoms in total. The zero-order valence-corrected chi connectivity index (χ0v) is 20.9. The topological polar surface area (TPSA) is 12.9 Å².